The molecule has 0 aliphatic heterocycles. The summed E-state index contributed by atoms with van der Waals surface area (Å²) in [4.78, 5) is 0. The molecule has 4 heavy (non-hydrogen) atoms. The van der Waals surface area contributed by atoms with E-state index in [0.717, 1.165) is 0 Å². The molecule has 0 aliphatic carbocycles. The van der Waals surface area contributed by atoms with Crippen molar-refractivity contribution < 1.29 is 0 Å². The maximum atomic E-state index is 2.00. The molecule has 0 N–H and O–H groups in total. The average molecular weight is 117 g/mol. The summed E-state index contributed by atoms with van der Waals surface area (Å²) in [5.41, 5.74) is 0. The molecule has 23 valence electrons. The van der Waals surface area contributed by atoms with Gasteiger partial charge in [0.15, 0.2) is 0 Å². The molecular formula is C2H6GeN. The molecule has 0 bridgehead atoms. The van der Waals surface area contributed by atoms with Gasteiger partial charge in [-0.1, -0.05) is 0 Å². The van der Waals surface area contributed by atoms with Gasteiger partial charge in [-0.25, -0.2) is 0 Å². The van der Waals surface area contributed by atoms with Crippen molar-refractivity contribution in [1.82, 2.24) is 3.86 Å². The number of nitrogens with zero attached hydrogens (tertiary/aromatic N) is 1. The van der Waals surface area contributed by atoms with Gasteiger partial charge in [-0.3, -0.25) is 0 Å². The van der Waals surface area contributed by atoms with Gasteiger partial charge in [-0.05, 0) is 0 Å². The van der Waals surface area contributed by atoms with Crippen molar-refractivity contribution in [3.63, 3.8) is 0 Å². The first-order valence-electron chi connectivity index (χ1n) is 1.12. The standard InChI is InChI=1S/C2H6GeN/c1-4(2)3/h1-2H3. The van der Waals surface area contributed by atoms with Crippen molar-refractivity contribution in [2.24, 2.45) is 0 Å². The predicted octanol–water partition coefficient (Wildman–Crippen LogP) is -0.369. The number of hydrogen-bond acceptors (Lipinski definition) is 1. The fourth-order valence-electron chi connectivity index (χ4n) is 0. The Labute approximate surface area is 35.4 Å². The van der Waals surface area contributed by atoms with Crippen molar-refractivity contribution in [2.45, 2.75) is 0 Å². The van der Waals surface area contributed by atoms with Gasteiger partial charge in [-0.15, -0.1) is 0 Å². The first-order chi connectivity index (χ1) is 1.73. The monoisotopic (exact) mass is 118 g/mol. The molecule has 0 heterocycles. The van der Waals surface area contributed by atoms with E-state index in [2.05, 4.69) is 0 Å². The molecule has 0 spiro atoms. The molecule has 0 saturated carbocycles. The van der Waals surface area contributed by atoms with Gasteiger partial charge in [0.2, 0.25) is 0 Å². The van der Waals surface area contributed by atoms with Crippen LogP contribution in [0.2, 0.25) is 0 Å². The molecule has 3 radical (unpaired) electrons. The summed E-state index contributed by atoms with van der Waals surface area (Å²) < 4.78 is 2.00. The fraction of sp³-hybridized carbons (Fsp3) is 1.00. The minimum atomic E-state index is 2.00. The third-order valence-corrected chi connectivity index (χ3v) is 0. The fourth-order valence-corrected chi connectivity index (χ4v) is 0. The summed E-state index contributed by atoms with van der Waals surface area (Å²) in [5.74, 6) is 0. The van der Waals surface area contributed by atoms with E-state index in [1.807, 2.05) is 34.7 Å². The quantitative estimate of drug-likeness (QED) is 0.391. The van der Waals surface area contributed by atoms with Gasteiger partial charge in [-0.2, -0.15) is 0 Å². The van der Waals surface area contributed by atoms with E-state index < -0.39 is 0 Å². The molecular weight excluding hydrogens is 111 g/mol. The van der Waals surface area contributed by atoms with Gasteiger partial charge in [0, 0.05) is 0 Å². The number of hydrogen-bond donors (Lipinski definition) is 0. The molecule has 0 aromatic heterocycles. The Morgan fingerprint density at radius 3 is 1.50 bits per heavy atom. The van der Waals surface area contributed by atoms with Crippen LogP contribution in [-0.4, -0.2) is 34.7 Å². The van der Waals surface area contributed by atoms with Crippen LogP contribution < -0.4 is 0 Å². The van der Waals surface area contributed by atoms with Crippen molar-refractivity contribution in [1.29, 1.82) is 0 Å². The molecule has 1 nitrogen and oxygen atoms in total. The van der Waals surface area contributed by atoms with Crippen LogP contribution in [0.3, 0.4) is 0 Å². The van der Waals surface area contributed by atoms with E-state index in [-0.39, 0.29) is 0 Å². The van der Waals surface area contributed by atoms with Crippen LogP contribution in [0.5, 0.6) is 0 Å². The van der Waals surface area contributed by atoms with Gasteiger partial charge in [0.1, 0.15) is 0 Å². The zero-order chi connectivity index (χ0) is 3.58. The van der Waals surface area contributed by atoms with Gasteiger partial charge < -0.3 is 0 Å². The molecule has 0 aromatic rings. The van der Waals surface area contributed by atoms with Crippen molar-refractivity contribution >= 4 is 16.7 Å². The molecule has 0 fully saturated rings. The third-order valence-electron chi connectivity index (χ3n) is 0. The summed E-state index contributed by atoms with van der Waals surface area (Å²) in [6.45, 7) is 0. The SMILES string of the molecule is C[N](C)[Ge]. The second-order valence-corrected chi connectivity index (χ2v) is 2.77. The summed E-state index contributed by atoms with van der Waals surface area (Å²) >= 11 is 2.00. The van der Waals surface area contributed by atoms with Crippen LogP contribution in [-0.2, 0) is 0 Å². The topological polar surface area (TPSA) is 3.24 Å². The van der Waals surface area contributed by atoms with Crippen molar-refractivity contribution in [2.75, 3.05) is 14.1 Å². The van der Waals surface area contributed by atoms with Crippen molar-refractivity contribution in [3.05, 3.63) is 0 Å². The Morgan fingerprint density at radius 2 is 1.50 bits per heavy atom. The third kappa shape index (κ3) is 22.4. The van der Waals surface area contributed by atoms with Gasteiger partial charge in [0.25, 0.3) is 0 Å². The van der Waals surface area contributed by atoms with Crippen LogP contribution in [0.15, 0.2) is 0 Å². The summed E-state index contributed by atoms with van der Waals surface area (Å²) in [5, 5.41) is 0. The van der Waals surface area contributed by atoms with Crippen LogP contribution in [0.4, 0.5) is 0 Å². The molecule has 2 heteroatoms. The van der Waals surface area contributed by atoms with E-state index in [1.165, 1.54) is 0 Å². The van der Waals surface area contributed by atoms with Crippen LogP contribution in [0, 0.1) is 0 Å². The Morgan fingerprint density at radius 1 is 1.50 bits per heavy atom. The molecule has 0 amide bonds. The van der Waals surface area contributed by atoms with Crippen LogP contribution in [0.1, 0.15) is 0 Å². The van der Waals surface area contributed by atoms with Gasteiger partial charge in [0.05, 0.1) is 0 Å². The predicted molar refractivity (Wildman–Crippen MR) is 19.4 cm³/mol. The average Bonchev–Trinajstić information content (AvgIpc) is 0.811. The van der Waals surface area contributed by atoms with E-state index in [1.54, 1.807) is 0 Å². The molecule has 0 aliphatic rings. The van der Waals surface area contributed by atoms with Crippen LogP contribution >= 0.6 is 0 Å². The normalized spacial score (nSPS) is 9.00. The van der Waals surface area contributed by atoms with E-state index >= 15 is 0 Å². The Hall–Kier alpha value is 0.503. The Kier molecular flexibility index (Phi) is 2.01. The van der Waals surface area contributed by atoms with E-state index in [4.69, 9.17) is 0 Å². The van der Waals surface area contributed by atoms with Crippen molar-refractivity contribution in [3.8, 4) is 0 Å². The molecule has 0 aromatic carbocycles. The second-order valence-electron chi connectivity index (χ2n) is 0.894. The summed E-state index contributed by atoms with van der Waals surface area (Å²) in [6.07, 6.45) is 0. The van der Waals surface area contributed by atoms with Crippen LogP contribution in [0.25, 0.3) is 0 Å². The zero-order valence-corrected chi connectivity index (χ0v) is 5.05. The molecule has 0 unspecified atom stereocenters. The first-order valence-corrected chi connectivity index (χ1v) is 2.06. The summed E-state index contributed by atoms with van der Waals surface area (Å²) in [6, 6.07) is 0. The zero-order valence-electron chi connectivity index (χ0n) is 2.95. The van der Waals surface area contributed by atoms with E-state index in [9.17, 15) is 0 Å². The second kappa shape index (κ2) is 1.79. The molecule has 0 atom stereocenters. The minimum absolute atomic E-state index is 2.00. The Bertz CT molecular complexity index is 10.8. The van der Waals surface area contributed by atoms with Gasteiger partial charge >= 0.3 is 34.7 Å². The van der Waals surface area contributed by atoms with E-state index in [0.29, 0.717) is 0 Å². The molecule has 0 saturated heterocycles. The first kappa shape index (κ1) is 4.50. The number of rotatable bonds is 0. The maximum absolute atomic E-state index is 2.00. The summed E-state index contributed by atoms with van der Waals surface area (Å²) in [7, 11) is 4.00. The molecule has 0 rings (SSSR count). The Balaban J connectivity index is 2.32.